The number of nitrogens with zero attached hydrogens (tertiary/aromatic N) is 3. The molecule has 2 aliphatic carbocycles. The number of sulfonamides is 1. The van der Waals surface area contributed by atoms with Crippen LogP contribution in [0.3, 0.4) is 0 Å². The van der Waals surface area contributed by atoms with Gasteiger partial charge in [0.25, 0.3) is 0 Å². The first kappa shape index (κ1) is 22.8. The molecule has 36 heavy (non-hydrogen) atoms. The van der Waals surface area contributed by atoms with E-state index in [0.717, 1.165) is 29.7 Å². The van der Waals surface area contributed by atoms with Crippen molar-refractivity contribution in [2.45, 2.75) is 43.9 Å². The average Bonchev–Trinajstić information content (AvgIpc) is 3.57. The Morgan fingerprint density at radius 2 is 1.81 bits per heavy atom. The fraction of sp³-hybridized carbons (Fsp3) is 0.375. The summed E-state index contributed by atoms with van der Waals surface area (Å²) in [6.07, 6.45) is 6.18. The molecule has 2 aliphatic heterocycles. The minimum atomic E-state index is -3.52. The van der Waals surface area contributed by atoms with E-state index in [0.29, 0.717) is 60.6 Å². The number of nitrogens with one attached hydrogen (secondary N) is 4. The van der Waals surface area contributed by atoms with Crippen LogP contribution in [0.1, 0.15) is 31.4 Å². The monoisotopic (exact) mass is 509 g/mol. The summed E-state index contributed by atoms with van der Waals surface area (Å²) in [5.74, 6) is 2.17. The van der Waals surface area contributed by atoms with Gasteiger partial charge >= 0.3 is 0 Å². The van der Waals surface area contributed by atoms with E-state index in [1.54, 1.807) is 12.3 Å². The zero-order valence-corrected chi connectivity index (χ0v) is 20.6. The van der Waals surface area contributed by atoms with Crippen molar-refractivity contribution in [1.29, 1.82) is 0 Å². The molecule has 4 N–H and O–H groups in total. The maximum Gasteiger partial charge on any atom is 0.235 e. The summed E-state index contributed by atoms with van der Waals surface area (Å²) >= 11 is 0. The second-order valence-electron chi connectivity index (χ2n) is 9.26. The average molecular weight is 510 g/mol. The fourth-order valence-electron chi connectivity index (χ4n) is 4.35. The zero-order valence-electron chi connectivity index (χ0n) is 19.7. The Hall–Kier alpha value is -3.64. The van der Waals surface area contributed by atoms with E-state index in [9.17, 15) is 8.42 Å². The summed E-state index contributed by atoms with van der Waals surface area (Å²) in [5, 5.41) is 13.5. The molecule has 12 heteroatoms. The maximum absolute atomic E-state index is 12.9. The van der Waals surface area contributed by atoms with E-state index < -0.39 is 10.0 Å². The van der Waals surface area contributed by atoms with Gasteiger partial charge in [0.2, 0.25) is 10.0 Å². The molecule has 2 aromatic heterocycles. The normalized spacial score (nSPS) is 16.8. The van der Waals surface area contributed by atoms with Gasteiger partial charge in [0.1, 0.15) is 11.6 Å². The van der Waals surface area contributed by atoms with Crippen molar-refractivity contribution in [3.63, 3.8) is 0 Å². The molecule has 188 valence electrons. The number of aromatic amines is 1. The number of aromatic nitrogens is 4. The van der Waals surface area contributed by atoms with Crippen molar-refractivity contribution >= 4 is 33.2 Å². The SMILES string of the molecule is Cc1cc(Nc2cc(NC3CCOCC3)nc(-c3cc4coccc-4c3NS(=O)(=O)C3CC3)n2)n[nH]1. The van der Waals surface area contributed by atoms with Gasteiger partial charge in [0.15, 0.2) is 11.6 Å². The molecule has 4 aliphatic rings. The van der Waals surface area contributed by atoms with Crippen molar-refractivity contribution in [3.05, 3.63) is 42.5 Å². The van der Waals surface area contributed by atoms with Crippen LogP contribution in [0.15, 0.2) is 41.2 Å². The van der Waals surface area contributed by atoms with E-state index in [4.69, 9.17) is 19.1 Å². The smallest absolute Gasteiger partial charge is 0.235 e. The number of fused-ring (bicyclic) bond motifs is 1. The van der Waals surface area contributed by atoms with E-state index in [1.165, 1.54) is 6.26 Å². The lowest BCUT2D eigenvalue weighted by molar-refractivity contribution is 0.0904. The minimum absolute atomic E-state index is 0.215. The van der Waals surface area contributed by atoms with Gasteiger partial charge < -0.3 is 19.8 Å². The molecule has 1 saturated heterocycles. The van der Waals surface area contributed by atoms with Crippen molar-refractivity contribution in [2.75, 3.05) is 28.6 Å². The summed E-state index contributed by atoms with van der Waals surface area (Å²) in [4.78, 5) is 9.54. The van der Waals surface area contributed by atoms with Crippen LogP contribution in [0.5, 0.6) is 0 Å². The third kappa shape index (κ3) is 4.73. The topological polar surface area (TPSA) is 147 Å². The third-order valence-corrected chi connectivity index (χ3v) is 8.21. The molecule has 0 bridgehead atoms. The number of rotatable bonds is 8. The molecule has 4 heterocycles. The maximum atomic E-state index is 12.9. The number of ether oxygens (including phenoxy) is 1. The largest absolute Gasteiger partial charge is 0.472 e. The molecular formula is C24H27N7O4S. The summed E-state index contributed by atoms with van der Waals surface area (Å²) < 4.78 is 39.5. The standard InChI is InChI=1S/C24H27N7O4S/c1-14-10-22(30-29-14)26-21-12-20(25-16-4-7-34-8-5-16)27-24(28-21)19-11-15-13-35-9-6-18(15)23(19)31-36(32,33)17-2-3-17/h6,9-13,16-17,31H,2-5,7-8H2,1H3,(H3,25,26,27,28,29,30). The zero-order chi connectivity index (χ0) is 24.7. The number of aryl methyl sites for hydroxylation is 1. The quantitative estimate of drug-likeness (QED) is 0.275. The minimum Gasteiger partial charge on any atom is -0.472 e. The first-order valence-corrected chi connectivity index (χ1v) is 13.5. The molecular weight excluding hydrogens is 482 g/mol. The lowest BCUT2D eigenvalue weighted by Crippen LogP contribution is -2.28. The third-order valence-electron chi connectivity index (χ3n) is 6.37. The van der Waals surface area contributed by atoms with E-state index in [2.05, 4.69) is 25.6 Å². The molecule has 0 atom stereocenters. The highest BCUT2D eigenvalue weighted by Gasteiger charge is 2.37. The van der Waals surface area contributed by atoms with Gasteiger partial charge in [-0.2, -0.15) is 5.10 Å². The number of hydrogen-bond acceptors (Lipinski definition) is 9. The molecule has 2 fully saturated rings. The first-order valence-electron chi connectivity index (χ1n) is 12.0. The molecule has 0 radical (unpaired) electrons. The van der Waals surface area contributed by atoms with Crippen molar-refractivity contribution in [1.82, 2.24) is 20.2 Å². The van der Waals surface area contributed by atoms with Gasteiger partial charge in [0, 0.05) is 53.8 Å². The highest BCUT2D eigenvalue weighted by molar-refractivity contribution is 7.93. The lowest BCUT2D eigenvalue weighted by atomic mass is 10.1. The van der Waals surface area contributed by atoms with Gasteiger partial charge in [-0.25, -0.2) is 18.4 Å². The van der Waals surface area contributed by atoms with Crippen LogP contribution >= 0.6 is 0 Å². The molecule has 0 unspecified atom stereocenters. The van der Waals surface area contributed by atoms with E-state index in [1.807, 2.05) is 25.1 Å². The Balaban J connectivity index is 1.43. The number of hydrogen-bond donors (Lipinski definition) is 4. The molecule has 6 rings (SSSR count). The Morgan fingerprint density at radius 3 is 2.56 bits per heavy atom. The Labute approximate surface area is 208 Å². The Bertz CT molecular complexity index is 1450. The lowest BCUT2D eigenvalue weighted by Gasteiger charge is -2.24. The van der Waals surface area contributed by atoms with Crippen LogP contribution in [0.2, 0.25) is 0 Å². The molecule has 0 amide bonds. The van der Waals surface area contributed by atoms with Gasteiger partial charge in [-0.05, 0) is 44.7 Å². The predicted molar refractivity (Wildman–Crippen MR) is 136 cm³/mol. The molecule has 11 nitrogen and oxygen atoms in total. The second kappa shape index (κ2) is 9.10. The highest BCUT2D eigenvalue weighted by atomic mass is 32.2. The van der Waals surface area contributed by atoms with E-state index in [-0.39, 0.29) is 11.3 Å². The first-order chi connectivity index (χ1) is 17.4. The van der Waals surface area contributed by atoms with Crippen molar-refractivity contribution in [3.8, 4) is 22.5 Å². The van der Waals surface area contributed by atoms with Crippen LogP contribution in [-0.2, 0) is 14.8 Å². The number of anilines is 4. The molecule has 0 aromatic carbocycles. The van der Waals surface area contributed by atoms with Gasteiger partial charge in [0.05, 0.1) is 23.5 Å². The van der Waals surface area contributed by atoms with Crippen LogP contribution in [0, 0.1) is 6.92 Å². The highest BCUT2D eigenvalue weighted by Crippen LogP contribution is 2.43. The van der Waals surface area contributed by atoms with Crippen molar-refractivity contribution < 1.29 is 17.6 Å². The van der Waals surface area contributed by atoms with E-state index >= 15 is 0 Å². The van der Waals surface area contributed by atoms with Crippen molar-refractivity contribution in [2.24, 2.45) is 0 Å². The second-order valence-corrected chi connectivity index (χ2v) is 11.2. The van der Waals surface area contributed by atoms with Crippen LogP contribution in [0.25, 0.3) is 22.5 Å². The van der Waals surface area contributed by atoms with Gasteiger partial charge in [-0.15, -0.1) is 0 Å². The summed E-state index contributed by atoms with van der Waals surface area (Å²) in [6.45, 7) is 3.30. The Morgan fingerprint density at radius 1 is 1.00 bits per heavy atom. The summed E-state index contributed by atoms with van der Waals surface area (Å²) in [5.41, 5.74) is 3.43. The summed E-state index contributed by atoms with van der Waals surface area (Å²) in [6, 6.07) is 7.52. The van der Waals surface area contributed by atoms with Crippen LogP contribution < -0.4 is 15.4 Å². The Kier molecular flexibility index (Phi) is 5.76. The predicted octanol–water partition coefficient (Wildman–Crippen LogP) is 4.11. The van der Waals surface area contributed by atoms with Crippen LogP contribution in [0.4, 0.5) is 23.1 Å². The van der Waals surface area contributed by atoms with Gasteiger partial charge in [-0.1, -0.05) is 0 Å². The molecule has 0 spiro atoms. The fourth-order valence-corrected chi connectivity index (χ4v) is 5.78. The number of H-pyrrole nitrogens is 1. The molecule has 1 saturated carbocycles. The molecule has 2 aromatic rings. The van der Waals surface area contributed by atoms with Gasteiger partial charge in [-0.3, -0.25) is 9.82 Å². The van der Waals surface area contributed by atoms with Crippen LogP contribution in [-0.4, -0.2) is 53.1 Å². The summed E-state index contributed by atoms with van der Waals surface area (Å²) in [7, 11) is -3.52.